The number of hydrogen-bond acceptors (Lipinski definition) is 3. The van der Waals surface area contributed by atoms with E-state index in [1.54, 1.807) is 49.5 Å². The molecule has 1 fully saturated rings. The van der Waals surface area contributed by atoms with Gasteiger partial charge >= 0.3 is 6.03 Å². The topological polar surface area (TPSA) is 59.7 Å². The molecule has 6 heteroatoms. The van der Waals surface area contributed by atoms with Crippen molar-refractivity contribution in [1.29, 1.82) is 5.26 Å². The lowest BCUT2D eigenvalue weighted by molar-refractivity contribution is 0.175. The number of rotatable bonds is 3. The fourth-order valence-corrected chi connectivity index (χ4v) is 3.41. The SMILES string of the molecule is C\C1=C(F)/C(C2CN=CC=C2C#N)=C\C=C\N(CC2(C)CC2)C(=O)N(C)C1. The molecule has 0 radical (unpaired) electrons. The van der Waals surface area contributed by atoms with Gasteiger partial charge in [-0.25, -0.2) is 9.18 Å². The molecule has 0 spiro atoms. The molecule has 3 aliphatic rings. The molecule has 1 atom stereocenters. The molecule has 142 valence electrons. The Hall–Kier alpha value is -2.68. The van der Waals surface area contributed by atoms with E-state index in [1.807, 2.05) is 0 Å². The first kappa shape index (κ1) is 19.1. The van der Waals surface area contributed by atoms with E-state index in [2.05, 4.69) is 18.0 Å². The van der Waals surface area contributed by atoms with Crippen LogP contribution in [0.1, 0.15) is 26.7 Å². The summed E-state index contributed by atoms with van der Waals surface area (Å²) >= 11 is 0. The third-order valence-corrected chi connectivity index (χ3v) is 5.40. The van der Waals surface area contributed by atoms with Crippen molar-refractivity contribution in [3.63, 3.8) is 0 Å². The van der Waals surface area contributed by atoms with Crippen LogP contribution in [-0.2, 0) is 0 Å². The van der Waals surface area contributed by atoms with E-state index in [9.17, 15) is 10.1 Å². The number of carbonyl (C=O) groups is 1. The van der Waals surface area contributed by atoms with Gasteiger partial charge < -0.3 is 9.80 Å². The van der Waals surface area contributed by atoms with E-state index in [1.165, 1.54) is 4.90 Å². The van der Waals surface area contributed by atoms with Crippen LogP contribution in [0.25, 0.3) is 0 Å². The Morgan fingerprint density at radius 1 is 1.41 bits per heavy atom. The number of halogens is 1. The van der Waals surface area contributed by atoms with Gasteiger partial charge in [0, 0.05) is 44.0 Å². The molecule has 2 amide bonds. The van der Waals surface area contributed by atoms with E-state index in [0.717, 1.165) is 12.8 Å². The van der Waals surface area contributed by atoms with Gasteiger partial charge in [-0.05, 0) is 48.5 Å². The third kappa shape index (κ3) is 4.19. The second-order valence-corrected chi connectivity index (χ2v) is 7.94. The van der Waals surface area contributed by atoms with Crippen molar-refractivity contribution in [3.05, 3.63) is 47.0 Å². The standard InChI is InChI=1S/C21H25FN4O/c1-15-13-25(3)20(27)26(14-21(2)7-8-21)10-4-5-17(19(15)22)18-12-24-9-6-16(18)11-23/h4-6,9-10,18H,7-8,12-14H2,1-3H3/b10-4+,17-5-,19-15-. The molecule has 0 aromatic rings. The molecule has 1 aliphatic carbocycles. The number of nitriles is 1. The first-order valence-electron chi connectivity index (χ1n) is 9.20. The summed E-state index contributed by atoms with van der Waals surface area (Å²) < 4.78 is 15.2. The smallest absolute Gasteiger partial charge is 0.323 e. The average molecular weight is 368 g/mol. The molecule has 27 heavy (non-hydrogen) atoms. The van der Waals surface area contributed by atoms with Crippen LogP contribution in [0, 0.1) is 22.7 Å². The van der Waals surface area contributed by atoms with Crippen molar-refractivity contribution in [2.75, 3.05) is 26.7 Å². The molecular formula is C21H25FN4O. The number of hydrogen-bond donors (Lipinski definition) is 0. The summed E-state index contributed by atoms with van der Waals surface area (Å²) in [5.41, 5.74) is 1.57. The van der Waals surface area contributed by atoms with Crippen molar-refractivity contribution >= 4 is 12.2 Å². The number of nitrogens with zero attached hydrogens (tertiary/aromatic N) is 4. The monoisotopic (exact) mass is 368 g/mol. The van der Waals surface area contributed by atoms with Crippen LogP contribution in [0.3, 0.4) is 0 Å². The number of urea groups is 1. The van der Waals surface area contributed by atoms with Crippen LogP contribution in [0.2, 0.25) is 0 Å². The van der Waals surface area contributed by atoms with E-state index in [0.29, 0.717) is 29.8 Å². The van der Waals surface area contributed by atoms with Crippen molar-refractivity contribution in [1.82, 2.24) is 9.80 Å². The molecule has 0 saturated heterocycles. The highest BCUT2D eigenvalue weighted by molar-refractivity contribution is 5.76. The van der Waals surface area contributed by atoms with Gasteiger partial charge in [-0.2, -0.15) is 5.26 Å². The zero-order chi connectivity index (χ0) is 19.6. The number of carbonyl (C=O) groups excluding carboxylic acids is 1. The van der Waals surface area contributed by atoms with Gasteiger partial charge in [0.15, 0.2) is 0 Å². The summed E-state index contributed by atoms with van der Waals surface area (Å²) in [6.07, 6.45) is 10.5. The minimum Gasteiger partial charge on any atom is -0.323 e. The van der Waals surface area contributed by atoms with Crippen molar-refractivity contribution in [3.8, 4) is 6.07 Å². The first-order chi connectivity index (χ1) is 12.8. The van der Waals surface area contributed by atoms with Crippen LogP contribution in [0.15, 0.2) is 52.0 Å². The number of amides is 2. The van der Waals surface area contributed by atoms with Crippen LogP contribution < -0.4 is 0 Å². The Morgan fingerprint density at radius 3 is 2.81 bits per heavy atom. The lowest BCUT2D eigenvalue weighted by atomic mass is 9.87. The van der Waals surface area contributed by atoms with Gasteiger partial charge in [0.25, 0.3) is 0 Å². The van der Waals surface area contributed by atoms with Gasteiger partial charge in [0.05, 0.1) is 12.6 Å². The molecule has 0 aromatic heterocycles. The van der Waals surface area contributed by atoms with E-state index < -0.39 is 5.92 Å². The van der Waals surface area contributed by atoms with E-state index >= 15 is 4.39 Å². The van der Waals surface area contributed by atoms with Crippen LogP contribution >= 0.6 is 0 Å². The maximum absolute atomic E-state index is 15.2. The van der Waals surface area contributed by atoms with Crippen LogP contribution in [0.4, 0.5) is 9.18 Å². The molecule has 2 heterocycles. The summed E-state index contributed by atoms with van der Waals surface area (Å²) in [5.74, 6) is -0.778. The molecule has 1 saturated carbocycles. The van der Waals surface area contributed by atoms with Crippen LogP contribution in [0.5, 0.6) is 0 Å². The molecule has 3 rings (SSSR count). The first-order valence-corrected chi connectivity index (χ1v) is 9.20. The Balaban J connectivity index is 1.98. The average Bonchev–Trinajstić information content (AvgIpc) is 3.39. The highest BCUT2D eigenvalue weighted by Crippen LogP contribution is 2.45. The third-order valence-electron chi connectivity index (χ3n) is 5.40. The molecule has 0 aromatic carbocycles. The van der Waals surface area contributed by atoms with Crippen molar-refractivity contribution < 1.29 is 9.18 Å². The molecule has 0 bridgehead atoms. The fourth-order valence-electron chi connectivity index (χ4n) is 3.41. The number of allylic oxidation sites excluding steroid dienone is 4. The zero-order valence-electron chi connectivity index (χ0n) is 16.1. The molecule has 5 nitrogen and oxygen atoms in total. The lowest BCUT2D eigenvalue weighted by Gasteiger charge is -2.29. The molecular weight excluding hydrogens is 343 g/mol. The Labute approximate surface area is 159 Å². The summed E-state index contributed by atoms with van der Waals surface area (Å²) in [6.45, 7) is 5.05. The number of aliphatic imine (C=N–C) groups is 1. The summed E-state index contributed by atoms with van der Waals surface area (Å²) in [4.78, 5) is 20.2. The summed E-state index contributed by atoms with van der Waals surface area (Å²) in [5, 5.41) is 9.40. The van der Waals surface area contributed by atoms with E-state index in [4.69, 9.17) is 0 Å². The van der Waals surface area contributed by atoms with Crippen molar-refractivity contribution in [2.45, 2.75) is 26.7 Å². The minimum atomic E-state index is -0.408. The maximum Gasteiger partial charge on any atom is 0.324 e. The quantitative estimate of drug-likeness (QED) is 0.756. The van der Waals surface area contributed by atoms with Crippen LogP contribution in [-0.4, -0.2) is 48.7 Å². The maximum atomic E-state index is 15.2. The summed E-state index contributed by atoms with van der Waals surface area (Å²) in [7, 11) is 1.69. The Bertz CT molecular complexity index is 824. The number of likely N-dealkylation sites (N-methyl/N-ethyl adjacent to an activating group) is 1. The molecule has 2 aliphatic heterocycles. The zero-order valence-corrected chi connectivity index (χ0v) is 16.1. The molecule has 1 unspecified atom stereocenters. The normalized spacial score (nSPS) is 30.9. The van der Waals surface area contributed by atoms with E-state index in [-0.39, 0.29) is 23.8 Å². The highest BCUT2D eigenvalue weighted by atomic mass is 19.1. The fraction of sp³-hybridized carbons (Fsp3) is 0.476. The second kappa shape index (κ2) is 7.51. The highest BCUT2D eigenvalue weighted by Gasteiger charge is 2.40. The van der Waals surface area contributed by atoms with Gasteiger partial charge in [0.2, 0.25) is 0 Å². The Kier molecular flexibility index (Phi) is 5.31. The van der Waals surface area contributed by atoms with Gasteiger partial charge in [0.1, 0.15) is 5.83 Å². The minimum absolute atomic E-state index is 0.136. The van der Waals surface area contributed by atoms with Crippen molar-refractivity contribution in [2.24, 2.45) is 16.3 Å². The predicted molar refractivity (Wildman–Crippen MR) is 104 cm³/mol. The van der Waals surface area contributed by atoms with Gasteiger partial charge in [-0.15, -0.1) is 0 Å². The van der Waals surface area contributed by atoms with Gasteiger partial charge in [-0.3, -0.25) is 4.99 Å². The summed E-state index contributed by atoms with van der Waals surface area (Å²) in [6, 6.07) is 2.02. The second-order valence-electron chi connectivity index (χ2n) is 7.94. The number of dihydropyridines is 1. The predicted octanol–water partition coefficient (Wildman–Crippen LogP) is 3.99. The Morgan fingerprint density at radius 2 is 2.15 bits per heavy atom. The lowest BCUT2D eigenvalue weighted by Crippen LogP contribution is -2.41. The van der Waals surface area contributed by atoms with Gasteiger partial charge in [-0.1, -0.05) is 13.0 Å². The largest absolute Gasteiger partial charge is 0.324 e. The molecule has 0 N–H and O–H groups in total.